The summed E-state index contributed by atoms with van der Waals surface area (Å²) >= 11 is 0. The predicted molar refractivity (Wildman–Crippen MR) is 72.9 cm³/mol. The third-order valence-corrected chi connectivity index (χ3v) is 3.44. The first-order valence-corrected chi connectivity index (χ1v) is 6.67. The van der Waals surface area contributed by atoms with E-state index in [0.29, 0.717) is 12.6 Å². The Bertz CT molecular complexity index is 529. The van der Waals surface area contributed by atoms with Crippen molar-refractivity contribution >= 4 is 5.78 Å². The van der Waals surface area contributed by atoms with Crippen LogP contribution in [0.25, 0.3) is 0 Å². The van der Waals surface area contributed by atoms with Crippen LogP contribution >= 0.6 is 0 Å². The molecule has 0 radical (unpaired) electrons. The predicted octanol–water partition coefficient (Wildman–Crippen LogP) is 3.13. The van der Waals surface area contributed by atoms with Gasteiger partial charge in [0.25, 0.3) is 0 Å². The van der Waals surface area contributed by atoms with Crippen molar-refractivity contribution < 1.29 is 9.21 Å². The Balaban J connectivity index is 1.66. The molecule has 1 aliphatic carbocycles. The van der Waals surface area contributed by atoms with Gasteiger partial charge in [0.05, 0.1) is 19.4 Å². The molecule has 3 rings (SSSR count). The topological polar surface area (TPSA) is 33.5 Å². The summed E-state index contributed by atoms with van der Waals surface area (Å²) in [6, 6.07) is 13.9. The lowest BCUT2D eigenvalue weighted by Crippen LogP contribution is -2.31. The van der Waals surface area contributed by atoms with Crippen LogP contribution in [0.15, 0.2) is 53.1 Å². The number of ketones is 1. The van der Waals surface area contributed by atoms with Gasteiger partial charge in [-0.2, -0.15) is 0 Å². The summed E-state index contributed by atoms with van der Waals surface area (Å²) in [6.07, 6.45) is 4.05. The third kappa shape index (κ3) is 3.12. The van der Waals surface area contributed by atoms with Crippen molar-refractivity contribution in [1.82, 2.24) is 4.90 Å². The first-order chi connectivity index (χ1) is 9.33. The summed E-state index contributed by atoms with van der Waals surface area (Å²) in [6.45, 7) is 1.19. The van der Waals surface area contributed by atoms with E-state index in [9.17, 15) is 4.79 Å². The molecule has 1 fully saturated rings. The molecule has 3 heteroatoms. The average Bonchev–Trinajstić information content (AvgIpc) is 3.17. The van der Waals surface area contributed by atoms with Crippen molar-refractivity contribution in [3.63, 3.8) is 0 Å². The number of carbonyl (C=O) groups is 1. The SMILES string of the molecule is O=C(CN(Cc1ccco1)C1CC1)c1ccccc1. The zero-order chi connectivity index (χ0) is 13.1. The van der Waals surface area contributed by atoms with Crippen molar-refractivity contribution in [3.8, 4) is 0 Å². The van der Waals surface area contributed by atoms with E-state index in [2.05, 4.69) is 4.90 Å². The highest BCUT2D eigenvalue weighted by molar-refractivity contribution is 5.97. The molecular formula is C16H17NO2. The quantitative estimate of drug-likeness (QED) is 0.744. The molecule has 0 N–H and O–H groups in total. The van der Waals surface area contributed by atoms with E-state index < -0.39 is 0 Å². The lowest BCUT2D eigenvalue weighted by Gasteiger charge is -2.19. The Labute approximate surface area is 112 Å². The van der Waals surface area contributed by atoms with Gasteiger partial charge in [0.2, 0.25) is 0 Å². The number of hydrogen-bond donors (Lipinski definition) is 0. The smallest absolute Gasteiger partial charge is 0.176 e. The number of hydrogen-bond acceptors (Lipinski definition) is 3. The van der Waals surface area contributed by atoms with E-state index in [1.54, 1.807) is 6.26 Å². The fourth-order valence-electron chi connectivity index (χ4n) is 2.26. The van der Waals surface area contributed by atoms with E-state index >= 15 is 0 Å². The number of carbonyl (C=O) groups excluding carboxylic acids is 1. The average molecular weight is 255 g/mol. The number of furan rings is 1. The van der Waals surface area contributed by atoms with E-state index in [1.165, 1.54) is 12.8 Å². The molecule has 19 heavy (non-hydrogen) atoms. The van der Waals surface area contributed by atoms with Gasteiger partial charge in [-0.1, -0.05) is 30.3 Å². The zero-order valence-corrected chi connectivity index (χ0v) is 10.8. The highest BCUT2D eigenvalue weighted by Crippen LogP contribution is 2.28. The molecule has 0 aliphatic heterocycles. The van der Waals surface area contributed by atoms with Crippen LogP contribution in [0.4, 0.5) is 0 Å². The minimum atomic E-state index is 0.180. The summed E-state index contributed by atoms with van der Waals surface area (Å²) < 4.78 is 5.38. The van der Waals surface area contributed by atoms with Gasteiger partial charge in [-0.15, -0.1) is 0 Å². The molecule has 0 unspecified atom stereocenters. The number of Topliss-reactive ketones (excluding diaryl/α,β-unsaturated/α-hetero) is 1. The van der Waals surface area contributed by atoms with Crippen LogP contribution in [0.2, 0.25) is 0 Å². The highest BCUT2D eigenvalue weighted by Gasteiger charge is 2.30. The van der Waals surface area contributed by atoms with E-state index in [4.69, 9.17) is 4.42 Å². The molecule has 0 atom stereocenters. The monoisotopic (exact) mass is 255 g/mol. The van der Waals surface area contributed by atoms with Gasteiger partial charge < -0.3 is 4.42 Å². The first-order valence-electron chi connectivity index (χ1n) is 6.67. The maximum absolute atomic E-state index is 12.2. The van der Waals surface area contributed by atoms with Gasteiger partial charge in [-0.25, -0.2) is 0 Å². The minimum absolute atomic E-state index is 0.180. The molecule has 1 aromatic heterocycles. The lowest BCUT2D eigenvalue weighted by atomic mass is 10.1. The number of nitrogens with zero attached hydrogens (tertiary/aromatic N) is 1. The van der Waals surface area contributed by atoms with Gasteiger partial charge in [-0.05, 0) is 25.0 Å². The van der Waals surface area contributed by atoms with Crippen LogP contribution in [-0.2, 0) is 6.54 Å². The van der Waals surface area contributed by atoms with Gasteiger partial charge in [-0.3, -0.25) is 9.69 Å². The molecule has 0 spiro atoms. The number of benzene rings is 1. The summed E-state index contributed by atoms with van der Waals surface area (Å²) in [5.41, 5.74) is 0.785. The third-order valence-electron chi connectivity index (χ3n) is 3.44. The van der Waals surface area contributed by atoms with Gasteiger partial charge in [0, 0.05) is 11.6 Å². The molecule has 1 aromatic carbocycles. The van der Waals surface area contributed by atoms with Crippen LogP contribution in [0, 0.1) is 0 Å². The number of rotatable bonds is 6. The van der Waals surface area contributed by atoms with Gasteiger partial charge >= 0.3 is 0 Å². The second-order valence-electron chi connectivity index (χ2n) is 5.00. The van der Waals surface area contributed by atoms with Crippen molar-refractivity contribution in [2.24, 2.45) is 0 Å². The standard InChI is InChI=1S/C16H17NO2/c18-16(13-5-2-1-3-6-13)12-17(14-8-9-14)11-15-7-4-10-19-15/h1-7,10,14H,8-9,11-12H2. The van der Waals surface area contributed by atoms with E-state index in [-0.39, 0.29) is 5.78 Å². The summed E-state index contributed by atoms with van der Waals surface area (Å²) in [4.78, 5) is 14.5. The molecule has 0 amide bonds. The molecule has 0 bridgehead atoms. The largest absolute Gasteiger partial charge is 0.468 e. The lowest BCUT2D eigenvalue weighted by molar-refractivity contribution is 0.0913. The van der Waals surface area contributed by atoms with E-state index in [0.717, 1.165) is 17.9 Å². The molecular weight excluding hydrogens is 238 g/mol. The van der Waals surface area contributed by atoms with Crippen molar-refractivity contribution in [2.75, 3.05) is 6.54 Å². The Morgan fingerprint density at radius 2 is 1.95 bits per heavy atom. The Kier molecular flexibility index (Phi) is 3.47. The second kappa shape index (κ2) is 5.41. The van der Waals surface area contributed by atoms with Crippen LogP contribution in [-0.4, -0.2) is 23.3 Å². The second-order valence-corrected chi connectivity index (χ2v) is 5.00. The molecule has 2 aromatic rings. The van der Waals surface area contributed by atoms with Crippen molar-refractivity contribution in [2.45, 2.75) is 25.4 Å². The zero-order valence-electron chi connectivity index (χ0n) is 10.8. The Morgan fingerprint density at radius 3 is 2.58 bits per heavy atom. The summed E-state index contributed by atoms with van der Waals surface area (Å²) in [5, 5.41) is 0. The summed E-state index contributed by atoms with van der Waals surface area (Å²) in [7, 11) is 0. The summed E-state index contributed by atoms with van der Waals surface area (Å²) in [5.74, 6) is 1.10. The molecule has 1 saturated carbocycles. The van der Waals surface area contributed by atoms with Crippen LogP contribution < -0.4 is 0 Å². The Hall–Kier alpha value is -1.87. The van der Waals surface area contributed by atoms with Crippen molar-refractivity contribution in [1.29, 1.82) is 0 Å². The van der Waals surface area contributed by atoms with Crippen LogP contribution in [0.5, 0.6) is 0 Å². The minimum Gasteiger partial charge on any atom is -0.468 e. The molecule has 0 saturated heterocycles. The molecule has 98 valence electrons. The van der Waals surface area contributed by atoms with Crippen LogP contribution in [0.3, 0.4) is 0 Å². The molecule has 1 aliphatic rings. The normalized spacial score (nSPS) is 14.8. The maximum atomic E-state index is 12.2. The molecule has 1 heterocycles. The highest BCUT2D eigenvalue weighted by atomic mass is 16.3. The first kappa shape index (κ1) is 12.2. The Morgan fingerprint density at radius 1 is 1.16 bits per heavy atom. The van der Waals surface area contributed by atoms with Gasteiger partial charge in [0.1, 0.15) is 5.76 Å². The fourth-order valence-corrected chi connectivity index (χ4v) is 2.26. The molecule has 3 nitrogen and oxygen atoms in total. The van der Waals surface area contributed by atoms with E-state index in [1.807, 2.05) is 42.5 Å². The van der Waals surface area contributed by atoms with Crippen molar-refractivity contribution in [3.05, 3.63) is 60.1 Å². The van der Waals surface area contributed by atoms with Gasteiger partial charge in [0.15, 0.2) is 5.78 Å². The van der Waals surface area contributed by atoms with Crippen LogP contribution in [0.1, 0.15) is 29.0 Å². The maximum Gasteiger partial charge on any atom is 0.176 e. The fraction of sp³-hybridized carbons (Fsp3) is 0.312.